The van der Waals surface area contributed by atoms with Gasteiger partial charge in [-0.3, -0.25) is 0 Å². The third-order valence-corrected chi connectivity index (χ3v) is 5.07. The highest BCUT2D eigenvalue weighted by atomic mass is 19.1. The SMILES string of the molecule is Fc1ccc(N2CCN3c4ccccc4-c4ccccc4[C@@H]23)cc1. The molecule has 2 nitrogen and oxygen atoms in total. The van der Waals surface area contributed by atoms with Crippen molar-refractivity contribution >= 4 is 11.4 Å². The lowest BCUT2D eigenvalue weighted by Gasteiger charge is -2.39. The van der Waals surface area contributed by atoms with E-state index in [1.54, 1.807) is 12.1 Å². The van der Waals surface area contributed by atoms with Crippen LogP contribution in [-0.4, -0.2) is 13.1 Å². The van der Waals surface area contributed by atoms with E-state index in [1.165, 1.54) is 22.4 Å². The van der Waals surface area contributed by atoms with Crippen molar-refractivity contribution < 1.29 is 4.39 Å². The molecule has 0 saturated carbocycles. The zero-order valence-electron chi connectivity index (χ0n) is 13.2. The van der Waals surface area contributed by atoms with Crippen LogP contribution in [0.4, 0.5) is 15.8 Å². The molecule has 0 N–H and O–H groups in total. The van der Waals surface area contributed by atoms with Gasteiger partial charge in [-0.2, -0.15) is 0 Å². The number of halogens is 1. The van der Waals surface area contributed by atoms with E-state index in [9.17, 15) is 4.39 Å². The van der Waals surface area contributed by atoms with Crippen LogP contribution in [-0.2, 0) is 0 Å². The van der Waals surface area contributed by atoms with Gasteiger partial charge < -0.3 is 9.80 Å². The van der Waals surface area contributed by atoms with E-state index in [0.717, 1.165) is 18.8 Å². The Bertz CT molecular complexity index is 904. The summed E-state index contributed by atoms with van der Waals surface area (Å²) in [5.41, 5.74) is 6.26. The molecule has 1 atom stereocenters. The average molecular weight is 316 g/mol. The lowest BCUT2D eigenvalue weighted by molar-refractivity contribution is 0.627. The summed E-state index contributed by atoms with van der Waals surface area (Å²) in [5.74, 6) is -0.191. The quantitative estimate of drug-likeness (QED) is 0.634. The number of hydrogen-bond acceptors (Lipinski definition) is 2. The average Bonchev–Trinajstić information content (AvgIpc) is 3.08. The van der Waals surface area contributed by atoms with Gasteiger partial charge in [-0.1, -0.05) is 42.5 Å². The predicted octanol–water partition coefficient (Wildman–Crippen LogP) is 4.83. The van der Waals surface area contributed by atoms with Crippen LogP contribution in [0.2, 0.25) is 0 Å². The van der Waals surface area contributed by atoms with Crippen molar-refractivity contribution in [2.24, 2.45) is 0 Å². The highest BCUT2D eigenvalue weighted by Crippen LogP contribution is 2.48. The minimum Gasteiger partial charge on any atom is -0.346 e. The van der Waals surface area contributed by atoms with Crippen molar-refractivity contribution in [3.63, 3.8) is 0 Å². The summed E-state index contributed by atoms with van der Waals surface area (Å²) in [5, 5.41) is 0. The highest BCUT2D eigenvalue weighted by molar-refractivity contribution is 5.86. The Kier molecular flexibility index (Phi) is 2.89. The molecule has 0 radical (unpaired) electrons. The van der Waals surface area contributed by atoms with Crippen LogP contribution < -0.4 is 9.80 Å². The van der Waals surface area contributed by atoms with Crippen LogP contribution in [0.1, 0.15) is 11.7 Å². The van der Waals surface area contributed by atoms with E-state index >= 15 is 0 Å². The number of para-hydroxylation sites is 1. The molecule has 0 aliphatic carbocycles. The molecule has 0 aromatic heterocycles. The molecule has 1 fully saturated rings. The summed E-state index contributed by atoms with van der Waals surface area (Å²) >= 11 is 0. The van der Waals surface area contributed by atoms with Crippen molar-refractivity contribution in [1.29, 1.82) is 0 Å². The third kappa shape index (κ3) is 1.88. The van der Waals surface area contributed by atoms with Gasteiger partial charge in [0, 0.05) is 35.6 Å². The fraction of sp³-hybridized carbons (Fsp3) is 0.143. The summed E-state index contributed by atoms with van der Waals surface area (Å²) in [6.45, 7) is 1.90. The molecule has 2 heterocycles. The number of rotatable bonds is 1. The van der Waals surface area contributed by atoms with Gasteiger partial charge in [0.15, 0.2) is 0 Å². The Morgan fingerprint density at radius 1 is 0.708 bits per heavy atom. The minimum atomic E-state index is -0.191. The number of anilines is 2. The summed E-state index contributed by atoms with van der Waals surface area (Å²) in [6.07, 6.45) is 0.168. The van der Waals surface area contributed by atoms with E-state index < -0.39 is 0 Å². The van der Waals surface area contributed by atoms with Crippen LogP contribution in [0, 0.1) is 5.82 Å². The van der Waals surface area contributed by atoms with Gasteiger partial charge in [-0.25, -0.2) is 4.39 Å². The Morgan fingerprint density at radius 2 is 1.38 bits per heavy atom. The second kappa shape index (κ2) is 5.10. The first-order valence-electron chi connectivity index (χ1n) is 8.30. The molecule has 2 aliphatic rings. The van der Waals surface area contributed by atoms with Gasteiger partial charge in [0.1, 0.15) is 12.0 Å². The van der Waals surface area contributed by atoms with E-state index in [-0.39, 0.29) is 12.0 Å². The van der Waals surface area contributed by atoms with Gasteiger partial charge in [0.2, 0.25) is 0 Å². The van der Waals surface area contributed by atoms with Crippen LogP contribution in [0.15, 0.2) is 72.8 Å². The second-order valence-electron chi connectivity index (χ2n) is 6.34. The number of hydrogen-bond donors (Lipinski definition) is 0. The first kappa shape index (κ1) is 13.6. The van der Waals surface area contributed by atoms with E-state index in [0.29, 0.717) is 0 Å². The first-order valence-corrected chi connectivity index (χ1v) is 8.30. The summed E-state index contributed by atoms with van der Waals surface area (Å²) in [7, 11) is 0. The van der Waals surface area contributed by atoms with E-state index in [4.69, 9.17) is 0 Å². The number of fused-ring (bicyclic) bond motifs is 6. The van der Waals surface area contributed by atoms with Crippen LogP contribution in [0.3, 0.4) is 0 Å². The smallest absolute Gasteiger partial charge is 0.129 e. The molecule has 0 spiro atoms. The molecule has 5 rings (SSSR count). The highest BCUT2D eigenvalue weighted by Gasteiger charge is 2.39. The number of nitrogens with zero attached hydrogens (tertiary/aromatic N) is 2. The minimum absolute atomic E-state index is 0.168. The fourth-order valence-electron chi connectivity index (χ4n) is 4.04. The molecular weight excluding hydrogens is 299 g/mol. The predicted molar refractivity (Wildman–Crippen MR) is 95.7 cm³/mol. The lowest BCUT2D eigenvalue weighted by Crippen LogP contribution is -2.33. The summed E-state index contributed by atoms with van der Waals surface area (Å²) < 4.78 is 13.3. The third-order valence-electron chi connectivity index (χ3n) is 5.07. The van der Waals surface area contributed by atoms with Gasteiger partial charge in [0.05, 0.1) is 0 Å². The second-order valence-corrected chi connectivity index (χ2v) is 6.34. The number of benzene rings is 3. The maximum Gasteiger partial charge on any atom is 0.129 e. The van der Waals surface area contributed by atoms with Crippen LogP contribution >= 0.6 is 0 Å². The Balaban J connectivity index is 1.68. The van der Waals surface area contributed by atoms with Crippen molar-refractivity contribution in [1.82, 2.24) is 0 Å². The van der Waals surface area contributed by atoms with Crippen molar-refractivity contribution in [2.45, 2.75) is 6.17 Å². The molecule has 1 saturated heterocycles. The standard InChI is InChI=1S/C21H17FN2/c22-15-9-11-16(12-10-15)23-13-14-24-20-8-4-3-6-18(20)17-5-1-2-7-19(17)21(23)24/h1-12,21H,13-14H2/t21-/m0/s1. The first-order chi connectivity index (χ1) is 11.8. The van der Waals surface area contributed by atoms with Gasteiger partial charge >= 0.3 is 0 Å². The zero-order chi connectivity index (χ0) is 16.1. The Morgan fingerprint density at radius 3 is 2.21 bits per heavy atom. The van der Waals surface area contributed by atoms with Crippen molar-refractivity contribution in [3.8, 4) is 11.1 Å². The van der Waals surface area contributed by atoms with Crippen molar-refractivity contribution in [3.05, 3.63) is 84.2 Å². The molecule has 0 amide bonds. The topological polar surface area (TPSA) is 6.48 Å². The molecule has 3 aromatic carbocycles. The Labute approximate surface area is 140 Å². The fourth-order valence-corrected chi connectivity index (χ4v) is 4.04. The monoisotopic (exact) mass is 316 g/mol. The zero-order valence-corrected chi connectivity index (χ0v) is 13.2. The van der Waals surface area contributed by atoms with Gasteiger partial charge in [0.25, 0.3) is 0 Å². The molecule has 2 aliphatic heterocycles. The van der Waals surface area contributed by atoms with Crippen LogP contribution in [0.5, 0.6) is 0 Å². The van der Waals surface area contributed by atoms with E-state index in [1.807, 2.05) is 12.1 Å². The molecule has 3 aromatic rings. The molecule has 118 valence electrons. The maximum atomic E-state index is 13.3. The molecule has 3 heteroatoms. The lowest BCUT2D eigenvalue weighted by atomic mass is 9.91. The largest absolute Gasteiger partial charge is 0.346 e. The van der Waals surface area contributed by atoms with Crippen LogP contribution in [0.25, 0.3) is 11.1 Å². The maximum absolute atomic E-state index is 13.3. The normalized spacial score (nSPS) is 18.1. The molecular formula is C21H17FN2. The summed E-state index contributed by atoms with van der Waals surface area (Å²) in [4.78, 5) is 4.83. The van der Waals surface area contributed by atoms with Gasteiger partial charge in [-0.05, 0) is 35.9 Å². The van der Waals surface area contributed by atoms with E-state index in [2.05, 4.69) is 58.3 Å². The van der Waals surface area contributed by atoms with Gasteiger partial charge in [-0.15, -0.1) is 0 Å². The molecule has 0 bridgehead atoms. The summed E-state index contributed by atoms with van der Waals surface area (Å²) in [6, 6.07) is 24.1. The Hall–Kier alpha value is -2.81. The van der Waals surface area contributed by atoms with Crippen molar-refractivity contribution in [2.75, 3.05) is 22.9 Å². The molecule has 24 heavy (non-hydrogen) atoms. The molecule has 0 unspecified atom stereocenters.